The van der Waals surface area contributed by atoms with Crippen LogP contribution in [-0.4, -0.2) is 55.1 Å². The number of amides is 2. The molecule has 2 rings (SSSR count). The first-order valence-corrected chi connectivity index (χ1v) is 8.86. The Balaban J connectivity index is 1.75. The van der Waals surface area contributed by atoms with Crippen LogP contribution in [0.1, 0.15) is 25.3 Å². The monoisotopic (exact) mass is 371 g/mol. The van der Waals surface area contributed by atoms with Gasteiger partial charge in [0.05, 0.1) is 6.61 Å². The van der Waals surface area contributed by atoms with Crippen molar-refractivity contribution in [3.05, 3.63) is 29.8 Å². The summed E-state index contributed by atoms with van der Waals surface area (Å²) in [6, 6.07) is 7.12. The van der Waals surface area contributed by atoms with Gasteiger partial charge in [-0.25, -0.2) is 9.79 Å². The number of hydrogen-bond donors (Lipinski definition) is 3. The number of nitrogens with zero attached hydrogens (tertiary/aromatic N) is 2. The predicted octanol–water partition coefficient (Wildman–Crippen LogP) is 1.13. The van der Waals surface area contributed by atoms with Crippen molar-refractivity contribution in [2.24, 2.45) is 10.7 Å². The van der Waals surface area contributed by atoms with Gasteiger partial charge in [-0.3, -0.25) is 4.79 Å². The number of ether oxygens (including phenoxy) is 1. The molecule has 1 aliphatic heterocycles. The Morgan fingerprint density at radius 1 is 1.41 bits per heavy atom. The van der Waals surface area contributed by atoms with E-state index in [1.807, 2.05) is 0 Å². The lowest BCUT2D eigenvalue weighted by molar-refractivity contribution is -0.114. The number of rotatable bonds is 5. The van der Waals surface area contributed by atoms with Gasteiger partial charge in [0.15, 0.2) is 5.96 Å². The molecule has 0 unspecified atom stereocenters. The minimum Gasteiger partial charge on any atom is -0.450 e. The van der Waals surface area contributed by atoms with Crippen LogP contribution in [0, 0.1) is 12.3 Å². The van der Waals surface area contributed by atoms with Crippen LogP contribution in [0.15, 0.2) is 29.3 Å². The van der Waals surface area contributed by atoms with E-state index >= 15 is 0 Å². The molecule has 1 heterocycles. The number of hydrogen-bond acceptors (Lipinski definition) is 4. The molecule has 27 heavy (non-hydrogen) atoms. The highest BCUT2D eigenvalue weighted by Gasteiger charge is 2.23. The van der Waals surface area contributed by atoms with Crippen LogP contribution < -0.4 is 16.4 Å². The summed E-state index contributed by atoms with van der Waals surface area (Å²) in [5.74, 6) is 2.43. The van der Waals surface area contributed by atoms with E-state index in [1.165, 1.54) is 0 Å². The van der Waals surface area contributed by atoms with E-state index in [0.717, 1.165) is 12.8 Å². The summed E-state index contributed by atoms with van der Waals surface area (Å²) >= 11 is 0. The van der Waals surface area contributed by atoms with Crippen LogP contribution >= 0.6 is 0 Å². The number of nitrogens with two attached hydrogens (primary N) is 1. The van der Waals surface area contributed by atoms with Crippen LogP contribution in [0.25, 0.3) is 0 Å². The van der Waals surface area contributed by atoms with Crippen molar-refractivity contribution >= 4 is 23.6 Å². The largest absolute Gasteiger partial charge is 0.450 e. The van der Waals surface area contributed by atoms with E-state index in [9.17, 15) is 9.59 Å². The van der Waals surface area contributed by atoms with Gasteiger partial charge in [0, 0.05) is 30.4 Å². The zero-order valence-corrected chi connectivity index (χ0v) is 15.4. The van der Waals surface area contributed by atoms with Gasteiger partial charge in [0.25, 0.3) is 0 Å². The number of carbonyl (C=O) groups excluding carboxylic acids is 2. The third-order valence-corrected chi connectivity index (χ3v) is 4.08. The smallest absolute Gasteiger partial charge is 0.409 e. The lowest BCUT2D eigenvalue weighted by atomic mass is 10.1. The SMILES string of the molecule is C#Cc1cccc(NC(=O)CN=C(N)NC2CCN(C(=O)OCC)CC2)c1. The van der Waals surface area contributed by atoms with E-state index in [0.29, 0.717) is 30.9 Å². The first-order valence-electron chi connectivity index (χ1n) is 8.86. The van der Waals surface area contributed by atoms with Gasteiger partial charge in [-0.15, -0.1) is 6.42 Å². The predicted molar refractivity (Wildman–Crippen MR) is 104 cm³/mol. The summed E-state index contributed by atoms with van der Waals surface area (Å²) in [7, 11) is 0. The molecular weight excluding hydrogens is 346 g/mol. The lowest BCUT2D eigenvalue weighted by Gasteiger charge is -2.31. The second-order valence-electron chi connectivity index (χ2n) is 6.08. The van der Waals surface area contributed by atoms with Crippen molar-refractivity contribution in [2.45, 2.75) is 25.8 Å². The third-order valence-electron chi connectivity index (χ3n) is 4.08. The lowest BCUT2D eigenvalue weighted by Crippen LogP contribution is -2.48. The average molecular weight is 371 g/mol. The zero-order chi connectivity index (χ0) is 19.6. The number of nitrogens with one attached hydrogen (secondary N) is 2. The number of aliphatic imine (C=N–C) groups is 1. The molecule has 0 radical (unpaired) electrons. The molecule has 8 heteroatoms. The molecule has 144 valence electrons. The minimum atomic E-state index is -0.289. The Bertz CT molecular complexity index is 733. The number of carbonyl (C=O) groups is 2. The average Bonchev–Trinajstić information content (AvgIpc) is 2.67. The number of anilines is 1. The highest BCUT2D eigenvalue weighted by atomic mass is 16.6. The molecular formula is C19H25N5O3. The molecule has 0 aliphatic carbocycles. The van der Waals surface area contributed by atoms with Gasteiger partial charge in [-0.2, -0.15) is 0 Å². The molecule has 0 saturated carbocycles. The van der Waals surface area contributed by atoms with Crippen molar-refractivity contribution in [3.63, 3.8) is 0 Å². The van der Waals surface area contributed by atoms with Crippen LogP contribution in [-0.2, 0) is 9.53 Å². The van der Waals surface area contributed by atoms with Crippen molar-refractivity contribution in [2.75, 3.05) is 31.6 Å². The molecule has 0 spiro atoms. The minimum absolute atomic E-state index is 0.0964. The van der Waals surface area contributed by atoms with Crippen LogP contribution in [0.5, 0.6) is 0 Å². The van der Waals surface area contributed by atoms with Crippen molar-refractivity contribution in [3.8, 4) is 12.3 Å². The molecule has 2 amide bonds. The summed E-state index contributed by atoms with van der Waals surface area (Å²) in [6.07, 6.45) is 6.52. The fourth-order valence-electron chi connectivity index (χ4n) is 2.72. The number of guanidine groups is 1. The standard InChI is InChI=1S/C19H25N5O3/c1-3-14-6-5-7-16(12-14)22-17(25)13-21-18(20)23-15-8-10-24(11-9-15)19(26)27-4-2/h1,5-7,12,15H,4,8-11,13H2,2H3,(H,22,25)(H3,20,21,23). The quantitative estimate of drug-likeness (QED) is 0.408. The Labute approximate surface area is 159 Å². The fourth-order valence-corrected chi connectivity index (χ4v) is 2.72. The molecule has 0 aromatic heterocycles. The van der Waals surface area contributed by atoms with Crippen LogP contribution in [0.3, 0.4) is 0 Å². The maximum atomic E-state index is 12.0. The summed E-state index contributed by atoms with van der Waals surface area (Å²) in [4.78, 5) is 29.4. The van der Waals surface area contributed by atoms with Crippen molar-refractivity contribution in [1.29, 1.82) is 0 Å². The van der Waals surface area contributed by atoms with Crippen molar-refractivity contribution in [1.82, 2.24) is 10.2 Å². The molecule has 1 aromatic carbocycles. The molecule has 1 saturated heterocycles. The molecule has 1 aromatic rings. The maximum Gasteiger partial charge on any atom is 0.409 e. The maximum absolute atomic E-state index is 12.0. The molecule has 4 N–H and O–H groups in total. The topological polar surface area (TPSA) is 109 Å². The third kappa shape index (κ3) is 6.55. The Kier molecular flexibility index (Phi) is 7.49. The number of benzene rings is 1. The summed E-state index contributed by atoms with van der Waals surface area (Å²) in [5, 5.41) is 5.81. The van der Waals surface area contributed by atoms with Gasteiger partial charge in [0.1, 0.15) is 6.54 Å². The number of piperidine rings is 1. The van der Waals surface area contributed by atoms with Crippen LogP contribution in [0.4, 0.5) is 10.5 Å². The zero-order valence-electron chi connectivity index (χ0n) is 15.4. The molecule has 1 fully saturated rings. The second-order valence-corrected chi connectivity index (χ2v) is 6.08. The highest BCUT2D eigenvalue weighted by molar-refractivity contribution is 5.94. The first kappa shape index (κ1) is 20.1. The molecule has 0 atom stereocenters. The Morgan fingerprint density at radius 2 is 2.15 bits per heavy atom. The van der Waals surface area contributed by atoms with E-state index in [4.69, 9.17) is 16.9 Å². The van der Waals surface area contributed by atoms with Gasteiger partial charge in [0.2, 0.25) is 5.91 Å². The van der Waals surface area contributed by atoms with Gasteiger partial charge in [-0.05, 0) is 38.0 Å². The Hall–Kier alpha value is -3.21. The van der Waals surface area contributed by atoms with Gasteiger partial charge in [-0.1, -0.05) is 12.0 Å². The highest BCUT2D eigenvalue weighted by Crippen LogP contribution is 2.11. The second kappa shape index (κ2) is 10.1. The van der Waals surface area contributed by atoms with E-state index < -0.39 is 0 Å². The van der Waals surface area contributed by atoms with E-state index in [-0.39, 0.29) is 30.5 Å². The van der Waals surface area contributed by atoms with Crippen molar-refractivity contribution < 1.29 is 14.3 Å². The number of terminal acetylenes is 1. The normalized spacial score (nSPS) is 15.0. The van der Waals surface area contributed by atoms with Crippen LogP contribution in [0.2, 0.25) is 0 Å². The fraction of sp³-hybridized carbons (Fsp3) is 0.421. The van der Waals surface area contributed by atoms with Gasteiger partial charge >= 0.3 is 6.09 Å². The van der Waals surface area contributed by atoms with E-state index in [1.54, 1.807) is 36.1 Å². The first-order chi connectivity index (χ1) is 13.0. The molecule has 8 nitrogen and oxygen atoms in total. The summed E-state index contributed by atoms with van der Waals surface area (Å²) in [5.41, 5.74) is 7.16. The Morgan fingerprint density at radius 3 is 2.81 bits per heavy atom. The number of likely N-dealkylation sites (tertiary alicyclic amines) is 1. The summed E-state index contributed by atoms with van der Waals surface area (Å²) in [6.45, 7) is 3.24. The molecule has 1 aliphatic rings. The molecule has 0 bridgehead atoms. The summed E-state index contributed by atoms with van der Waals surface area (Å²) < 4.78 is 4.99. The van der Waals surface area contributed by atoms with E-state index in [2.05, 4.69) is 21.5 Å². The van der Waals surface area contributed by atoms with Gasteiger partial charge < -0.3 is 26.0 Å².